The minimum atomic E-state index is 0.561. The largest absolute Gasteiger partial charge is 0.384 e. The molecule has 0 amide bonds. The number of hydrogen-bond donors (Lipinski definition) is 1. The van der Waals surface area contributed by atoms with Gasteiger partial charge in [-0.2, -0.15) is 0 Å². The van der Waals surface area contributed by atoms with Crippen LogP contribution in [0.25, 0.3) is 0 Å². The first-order valence-corrected chi connectivity index (χ1v) is 5.29. The van der Waals surface area contributed by atoms with E-state index in [-0.39, 0.29) is 0 Å². The first kappa shape index (κ1) is 9.21. The highest BCUT2D eigenvalue weighted by Crippen LogP contribution is 2.20. The number of nitrogens with two attached hydrogens (primary N) is 1. The Labute approximate surface area is 93.5 Å². The number of rotatable bonds is 1. The van der Waals surface area contributed by atoms with E-state index in [2.05, 4.69) is 19.4 Å². The number of imidazole rings is 1. The summed E-state index contributed by atoms with van der Waals surface area (Å²) < 4.78 is 2.18. The summed E-state index contributed by atoms with van der Waals surface area (Å²) in [4.78, 5) is 10.6. The van der Waals surface area contributed by atoms with Crippen molar-refractivity contribution in [2.45, 2.75) is 13.1 Å². The zero-order valence-corrected chi connectivity index (χ0v) is 8.87. The van der Waals surface area contributed by atoms with Gasteiger partial charge in [0, 0.05) is 43.4 Å². The number of aromatic nitrogens is 3. The van der Waals surface area contributed by atoms with Gasteiger partial charge in [-0.15, -0.1) is 0 Å². The van der Waals surface area contributed by atoms with E-state index in [1.54, 1.807) is 6.20 Å². The lowest BCUT2D eigenvalue weighted by Crippen LogP contribution is -2.33. The van der Waals surface area contributed by atoms with E-state index in [0.29, 0.717) is 5.82 Å². The summed E-state index contributed by atoms with van der Waals surface area (Å²) in [5, 5.41) is 0. The molecule has 1 aliphatic rings. The number of nitrogens with zero attached hydrogens (tertiary/aromatic N) is 4. The van der Waals surface area contributed by atoms with Crippen molar-refractivity contribution in [1.82, 2.24) is 14.5 Å². The van der Waals surface area contributed by atoms with Gasteiger partial charge in [0.05, 0.1) is 6.54 Å². The molecule has 82 valence electrons. The van der Waals surface area contributed by atoms with E-state index >= 15 is 0 Å². The average molecular weight is 215 g/mol. The lowest BCUT2D eigenvalue weighted by Gasteiger charge is -2.29. The van der Waals surface area contributed by atoms with Crippen molar-refractivity contribution in [3.8, 4) is 0 Å². The molecule has 3 heterocycles. The summed E-state index contributed by atoms with van der Waals surface area (Å²) in [5.74, 6) is 1.66. The maximum absolute atomic E-state index is 5.68. The Balaban J connectivity index is 1.88. The van der Waals surface area contributed by atoms with Crippen molar-refractivity contribution in [2.75, 3.05) is 17.2 Å². The molecule has 5 nitrogen and oxygen atoms in total. The summed E-state index contributed by atoms with van der Waals surface area (Å²) in [7, 11) is 0. The average Bonchev–Trinajstić information content (AvgIpc) is 2.75. The predicted octanol–water partition coefficient (Wildman–Crippen LogP) is 0.880. The fourth-order valence-electron chi connectivity index (χ4n) is 2.03. The number of anilines is 2. The van der Waals surface area contributed by atoms with Gasteiger partial charge in [0.15, 0.2) is 0 Å². The number of pyridine rings is 1. The minimum absolute atomic E-state index is 0.561. The fourth-order valence-corrected chi connectivity index (χ4v) is 2.03. The molecular weight excluding hydrogens is 202 g/mol. The normalized spacial score (nSPS) is 14.9. The Hall–Kier alpha value is -2.04. The molecule has 2 N–H and O–H groups in total. The van der Waals surface area contributed by atoms with Crippen molar-refractivity contribution in [1.29, 1.82) is 0 Å². The summed E-state index contributed by atoms with van der Waals surface area (Å²) in [6, 6.07) is 3.88. The Morgan fingerprint density at radius 3 is 3.00 bits per heavy atom. The van der Waals surface area contributed by atoms with E-state index in [1.807, 2.05) is 24.5 Å². The first-order valence-electron chi connectivity index (χ1n) is 5.29. The van der Waals surface area contributed by atoms with Crippen LogP contribution in [-0.2, 0) is 13.1 Å². The zero-order chi connectivity index (χ0) is 11.0. The predicted molar refractivity (Wildman–Crippen MR) is 61.9 cm³/mol. The van der Waals surface area contributed by atoms with Crippen LogP contribution in [-0.4, -0.2) is 21.1 Å². The molecule has 0 bridgehead atoms. The van der Waals surface area contributed by atoms with Crippen LogP contribution in [0.5, 0.6) is 0 Å². The number of fused-ring (bicyclic) bond motifs is 1. The van der Waals surface area contributed by atoms with Gasteiger partial charge in [-0.1, -0.05) is 0 Å². The Morgan fingerprint density at radius 2 is 2.12 bits per heavy atom. The van der Waals surface area contributed by atoms with Gasteiger partial charge >= 0.3 is 0 Å². The Bertz CT molecular complexity index is 505. The summed E-state index contributed by atoms with van der Waals surface area (Å²) in [6.07, 6.45) is 5.61. The summed E-state index contributed by atoms with van der Waals surface area (Å²) >= 11 is 0. The number of nitrogen functional groups attached to an aromatic ring is 1. The maximum atomic E-state index is 5.68. The molecule has 0 radical (unpaired) electrons. The summed E-state index contributed by atoms with van der Waals surface area (Å²) in [5.41, 5.74) is 6.79. The Morgan fingerprint density at radius 1 is 1.19 bits per heavy atom. The van der Waals surface area contributed by atoms with E-state index in [1.165, 1.54) is 0 Å². The highest BCUT2D eigenvalue weighted by Gasteiger charge is 2.16. The number of hydrogen-bond acceptors (Lipinski definition) is 4. The van der Waals surface area contributed by atoms with E-state index < -0.39 is 0 Å². The van der Waals surface area contributed by atoms with Crippen LogP contribution in [0.15, 0.2) is 30.7 Å². The van der Waals surface area contributed by atoms with Crippen molar-refractivity contribution in [2.24, 2.45) is 0 Å². The van der Waals surface area contributed by atoms with Gasteiger partial charge in [0.25, 0.3) is 0 Å². The second-order valence-corrected chi connectivity index (χ2v) is 3.90. The van der Waals surface area contributed by atoms with E-state index in [9.17, 15) is 0 Å². The van der Waals surface area contributed by atoms with Gasteiger partial charge < -0.3 is 15.2 Å². The van der Waals surface area contributed by atoms with Gasteiger partial charge in [0.1, 0.15) is 11.6 Å². The molecule has 0 aromatic carbocycles. The molecule has 0 unspecified atom stereocenters. The van der Waals surface area contributed by atoms with Gasteiger partial charge in [-0.25, -0.2) is 9.97 Å². The lowest BCUT2D eigenvalue weighted by molar-refractivity contribution is 0.560. The minimum Gasteiger partial charge on any atom is -0.384 e. The summed E-state index contributed by atoms with van der Waals surface area (Å²) in [6.45, 7) is 2.78. The molecule has 0 atom stereocenters. The van der Waals surface area contributed by atoms with Crippen LogP contribution in [0.1, 0.15) is 5.82 Å². The second-order valence-electron chi connectivity index (χ2n) is 3.90. The molecule has 5 heteroatoms. The Kier molecular flexibility index (Phi) is 2.02. The van der Waals surface area contributed by atoms with Crippen LogP contribution in [0, 0.1) is 0 Å². The molecule has 0 aliphatic carbocycles. The third-order valence-electron chi connectivity index (χ3n) is 2.87. The van der Waals surface area contributed by atoms with Gasteiger partial charge in [-0.3, -0.25) is 0 Å². The molecule has 1 aliphatic heterocycles. The first-order chi connectivity index (χ1) is 7.83. The molecule has 0 spiro atoms. The van der Waals surface area contributed by atoms with Crippen LogP contribution < -0.4 is 10.6 Å². The topological polar surface area (TPSA) is 60.0 Å². The molecule has 0 saturated carbocycles. The van der Waals surface area contributed by atoms with Crippen molar-refractivity contribution >= 4 is 11.5 Å². The van der Waals surface area contributed by atoms with Crippen molar-refractivity contribution in [3.05, 3.63) is 36.5 Å². The lowest BCUT2D eigenvalue weighted by atomic mass is 10.3. The molecule has 0 fully saturated rings. The molecular formula is C11H13N5. The molecule has 3 rings (SSSR count). The van der Waals surface area contributed by atoms with Crippen LogP contribution >= 0.6 is 0 Å². The molecule has 2 aromatic rings. The maximum Gasteiger partial charge on any atom is 0.128 e. The fraction of sp³-hybridized carbons (Fsp3) is 0.273. The molecule has 16 heavy (non-hydrogen) atoms. The standard InChI is InChI=1S/C11H13N5/c12-10-7-9(1-2-13-10)16-6-5-15-4-3-14-11(15)8-16/h1-4,7H,5-6,8H2,(H2,12,13). The third-order valence-corrected chi connectivity index (χ3v) is 2.87. The van der Waals surface area contributed by atoms with E-state index in [4.69, 9.17) is 5.73 Å². The van der Waals surface area contributed by atoms with Crippen molar-refractivity contribution < 1.29 is 0 Å². The third kappa shape index (κ3) is 1.50. The van der Waals surface area contributed by atoms with Crippen LogP contribution in [0.4, 0.5) is 11.5 Å². The smallest absolute Gasteiger partial charge is 0.128 e. The monoisotopic (exact) mass is 215 g/mol. The van der Waals surface area contributed by atoms with Crippen molar-refractivity contribution in [3.63, 3.8) is 0 Å². The quantitative estimate of drug-likeness (QED) is 0.767. The van der Waals surface area contributed by atoms with Crippen LogP contribution in [0.3, 0.4) is 0 Å². The molecule has 2 aromatic heterocycles. The van der Waals surface area contributed by atoms with Gasteiger partial charge in [0.2, 0.25) is 0 Å². The highest BCUT2D eigenvalue weighted by molar-refractivity contribution is 5.52. The van der Waals surface area contributed by atoms with Gasteiger partial charge in [-0.05, 0) is 6.07 Å². The SMILES string of the molecule is Nc1cc(N2CCn3ccnc3C2)ccn1. The van der Waals surface area contributed by atoms with Crippen LogP contribution in [0.2, 0.25) is 0 Å². The zero-order valence-electron chi connectivity index (χ0n) is 8.87. The highest BCUT2D eigenvalue weighted by atomic mass is 15.2. The second kappa shape index (κ2) is 3.52. The van der Waals surface area contributed by atoms with E-state index in [0.717, 1.165) is 31.1 Å². The molecule has 0 saturated heterocycles.